The summed E-state index contributed by atoms with van der Waals surface area (Å²) < 4.78 is 2.93. The number of rotatable bonds is 0. The maximum atomic E-state index is 3.51. The number of aryl methyl sites for hydroxylation is 2. The summed E-state index contributed by atoms with van der Waals surface area (Å²) in [5.41, 5.74) is 5.25. The Labute approximate surface area is 102 Å². The van der Waals surface area contributed by atoms with Gasteiger partial charge in [0.25, 0.3) is 0 Å². The van der Waals surface area contributed by atoms with Gasteiger partial charge in [0, 0.05) is 0 Å². The van der Waals surface area contributed by atoms with Gasteiger partial charge in [-0.1, -0.05) is 0 Å². The third-order valence-corrected chi connectivity index (χ3v) is 5.10. The van der Waals surface area contributed by atoms with Crippen molar-refractivity contribution >= 4 is 35.3 Å². The number of fused-ring (bicyclic) bond motifs is 2. The van der Waals surface area contributed by atoms with Crippen LogP contribution in [-0.4, -0.2) is 15.0 Å². The number of anilines is 2. The van der Waals surface area contributed by atoms with Crippen LogP contribution in [0.4, 0.5) is 11.4 Å². The van der Waals surface area contributed by atoms with Gasteiger partial charge in [-0.3, -0.25) is 0 Å². The molecule has 80 valence electrons. The van der Waals surface area contributed by atoms with Crippen LogP contribution in [0.15, 0.2) is 36.4 Å². The van der Waals surface area contributed by atoms with Gasteiger partial charge in [-0.2, -0.15) is 0 Å². The average Bonchev–Trinajstić information content (AvgIpc) is 2.26. The van der Waals surface area contributed by atoms with Crippen LogP contribution < -0.4 is 14.2 Å². The van der Waals surface area contributed by atoms with Gasteiger partial charge in [0.05, 0.1) is 0 Å². The molecule has 0 bridgehead atoms. The van der Waals surface area contributed by atoms with E-state index in [1.165, 1.54) is 31.4 Å². The van der Waals surface area contributed by atoms with Crippen molar-refractivity contribution in [3.8, 4) is 0 Å². The van der Waals surface area contributed by atoms with Gasteiger partial charge in [-0.05, 0) is 0 Å². The summed E-state index contributed by atoms with van der Waals surface area (Å²) in [6.45, 7) is 4.31. The molecule has 0 amide bonds. The van der Waals surface area contributed by atoms with E-state index >= 15 is 0 Å². The van der Waals surface area contributed by atoms with Crippen molar-refractivity contribution < 1.29 is 0 Å². The van der Waals surface area contributed by atoms with Crippen LogP contribution in [0.1, 0.15) is 11.1 Å². The van der Waals surface area contributed by atoms with Crippen LogP contribution in [0.25, 0.3) is 0 Å². The van der Waals surface area contributed by atoms with Crippen LogP contribution in [-0.2, 0) is 0 Å². The Bertz CT molecular complexity index is 511. The Hall–Kier alpha value is -1.24. The van der Waals surface area contributed by atoms with E-state index in [2.05, 4.69) is 55.6 Å². The van der Waals surface area contributed by atoms with Crippen LogP contribution in [0.2, 0.25) is 0 Å². The zero-order chi connectivity index (χ0) is 11.1. The summed E-state index contributed by atoms with van der Waals surface area (Å²) in [7, 11) is 0. The first-order chi connectivity index (χ1) is 7.72. The number of hydrogen-bond acceptors (Lipinski definition) is 1. The summed E-state index contributed by atoms with van der Waals surface area (Å²) in [5.74, 6) is 0. The van der Waals surface area contributed by atoms with Crippen LogP contribution in [0.5, 0.6) is 0 Å². The molecule has 0 spiro atoms. The standard InChI is InChI=1S/C14H13NSe/c1-9-3-5-11-13(7-9)16-14-8-10(2)4-6-12(14)15-11/h3-8,15H,1-2H3. The Morgan fingerprint density at radius 3 is 1.81 bits per heavy atom. The molecule has 2 aromatic carbocycles. The first kappa shape index (κ1) is 9.95. The van der Waals surface area contributed by atoms with Gasteiger partial charge in [-0.25, -0.2) is 0 Å². The molecule has 1 nitrogen and oxygen atoms in total. The van der Waals surface area contributed by atoms with Crippen molar-refractivity contribution in [3.63, 3.8) is 0 Å². The molecule has 0 saturated heterocycles. The van der Waals surface area contributed by atoms with E-state index in [4.69, 9.17) is 0 Å². The fraction of sp³-hybridized carbons (Fsp3) is 0.143. The number of nitrogens with one attached hydrogen (secondary N) is 1. The van der Waals surface area contributed by atoms with E-state index in [1.807, 2.05) is 0 Å². The Morgan fingerprint density at radius 1 is 0.812 bits per heavy atom. The summed E-state index contributed by atoms with van der Waals surface area (Å²) in [4.78, 5) is 0. The quantitative estimate of drug-likeness (QED) is 0.618. The predicted molar refractivity (Wildman–Crippen MR) is 70.7 cm³/mol. The molecular formula is C14H13NSe. The predicted octanol–water partition coefficient (Wildman–Crippen LogP) is 2.02. The molecule has 0 unspecified atom stereocenters. The third kappa shape index (κ3) is 1.64. The molecule has 2 aromatic rings. The van der Waals surface area contributed by atoms with E-state index in [0.29, 0.717) is 15.0 Å². The third-order valence-electron chi connectivity index (χ3n) is 2.76. The molecule has 16 heavy (non-hydrogen) atoms. The van der Waals surface area contributed by atoms with E-state index in [-0.39, 0.29) is 0 Å². The fourth-order valence-corrected chi connectivity index (χ4v) is 4.38. The molecule has 0 fully saturated rings. The number of hydrogen-bond donors (Lipinski definition) is 1. The van der Waals surface area contributed by atoms with Crippen molar-refractivity contribution in [2.24, 2.45) is 0 Å². The summed E-state index contributed by atoms with van der Waals surface area (Å²) >= 11 is 0.438. The molecular weight excluding hydrogens is 261 g/mol. The minimum absolute atomic E-state index is 0.438. The minimum atomic E-state index is 0.438. The topological polar surface area (TPSA) is 12.0 Å². The van der Waals surface area contributed by atoms with Crippen molar-refractivity contribution in [1.29, 1.82) is 0 Å². The molecule has 0 aromatic heterocycles. The molecule has 1 aliphatic heterocycles. The average molecular weight is 274 g/mol. The normalized spacial score (nSPS) is 12.6. The number of benzene rings is 2. The maximum absolute atomic E-state index is 3.51. The molecule has 0 aliphatic carbocycles. The summed E-state index contributed by atoms with van der Waals surface area (Å²) in [5, 5.41) is 3.51. The molecule has 0 atom stereocenters. The molecule has 2 heteroatoms. The van der Waals surface area contributed by atoms with Gasteiger partial charge in [0.15, 0.2) is 0 Å². The van der Waals surface area contributed by atoms with Crippen molar-refractivity contribution in [3.05, 3.63) is 47.5 Å². The molecule has 1 N–H and O–H groups in total. The van der Waals surface area contributed by atoms with E-state index in [9.17, 15) is 0 Å². The van der Waals surface area contributed by atoms with Crippen LogP contribution >= 0.6 is 0 Å². The van der Waals surface area contributed by atoms with Gasteiger partial charge in [0.1, 0.15) is 0 Å². The second-order valence-corrected chi connectivity index (χ2v) is 6.50. The van der Waals surface area contributed by atoms with Crippen molar-refractivity contribution in [2.45, 2.75) is 13.8 Å². The van der Waals surface area contributed by atoms with Crippen LogP contribution in [0, 0.1) is 13.8 Å². The van der Waals surface area contributed by atoms with E-state index in [0.717, 1.165) is 0 Å². The van der Waals surface area contributed by atoms with Gasteiger partial charge >= 0.3 is 102 Å². The summed E-state index contributed by atoms with van der Waals surface area (Å²) in [6.07, 6.45) is 0. The fourth-order valence-electron chi connectivity index (χ4n) is 1.90. The zero-order valence-corrected chi connectivity index (χ0v) is 11.1. The molecule has 0 saturated carbocycles. The second-order valence-electron chi connectivity index (χ2n) is 4.23. The Balaban J connectivity index is 2.10. The first-order valence-corrected chi connectivity index (χ1v) is 7.10. The van der Waals surface area contributed by atoms with Gasteiger partial charge in [-0.15, -0.1) is 0 Å². The van der Waals surface area contributed by atoms with Crippen molar-refractivity contribution in [1.82, 2.24) is 0 Å². The molecule has 3 rings (SSSR count). The first-order valence-electron chi connectivity index (χ1n) is 5.38. The molecule has 1 heterocycles. The monoisotopic (exact) mass is 275 g/mol. The second kappa shape index (κ2) is 3.65. The zero-order valence-electron chi connectivity index (χ0n) is 9.37. The van der Waals surface area contributed by atoms with E-state index in [1.54, 1.807) is 0 Å². The molecule has 0 radical (unpaired) electrons. The van der Waals surface area contributed by atoms with Crippen LogP contribution in [0.3, 0.4) is 0 Å². The van der Waals surface area contributed by atoms with Gasteiger partial charge < -0.3 is 0 Å². The van der Waals surface area contributed by atoms with Gasteiger partial charge in [0.2, 0.25) is 0 Å². The van der Waals surface area contributed by atoms with Crippen molar-refractivity contribution in [2.75, 3.05) is 5.32 Å². The SMILES string of the molecule is Cc1ccc2c(c1)[Se]c1cc(C)ccc1N2. The Morgan fingerprint density at radius 2 is 1.31 bits per heavy atom. The molecule has 1 aliphatic rings. The Kier molecular flexibility index (Phi) is 2.27. The van der Waals surface area contributed by atoms with E-state index < -0.39 is 0 Å². The summed E-state index contributed by atoms with van der Waals surface area (Å²) in [6, 6.07) is 13.3.